The fourth-order valence-electron chi connectivity index (χ4n) is 4.70. The summed E-state index contributed by atoms with van der Waals surface area (Å²) in [6, 6.07) is 11.5. The number of nitrogens with one attached hydrogen (secondary N) is 1. The number of carbonyl (C=O) groups excluding carboxylic acids is 1. The molecule has 210 valence electrons. The minimum absolute atomic E-state index is 0.0857. The average Bonchev–Trinajstić information content (AvgIpc) is 3.48. The molecule has 0 saturated carbocycles. The SMILES string of the molecule is CC(Nc1nccc(C2=NOC[C@H]2C(C)C)n1)c1cnc(CN2CCN(C(=O)OCc3ccccc3)CC2)nc1. The molecule has 40 heavy (non-hydrogen) atoms. The van der Waals surface area contributed by atoms with Gasteiger partial charge in [-0.25, -0.2) is 24.7 Å². The molecular formula is C29H36N8O3. The third-order valence-electron chi connectivity index (χ3n) is 7.26. The largest absolute Gasteiger partial charge is 0.445 e. The van der Waals surface area contributed by atoms with Crippen molar-refractivity contribution in [3.05, 3.63) is 77.6 Å². The fraction of sp³-hybridized carbons (Fsp3) is 0.448. The molecule has 0 spiro atoms. The van der Waals surface area contributed by atoms with Crippen LogP contribution in [0, 0.1) is 11.8 Å². The number of amides is 1. The lowest BCUT2D eigenvalue weighted by Gasteiger charge is -2.33. The highest BCUT2D eigenvalue weighted by Gasteiger charge is 2.29. The van der Waals surface area contributed by atoms with E-state index < -0.39 is 0 Å². The Balaban J connectivity index is 1.09. The molecule has 0 radical (unpaired) electrons. The smallest absolute Gasteiger partial charge is 0.410 e. The monoisotopic (exact) mass is 544 g/mol. The first-order valence-corrected chi connectivity index (χ1v) is 13.7. The summed E-state index contributed by atoms with van der Waals surface area (Å²) in [6.45, 7) is 10.5. The van der Waals surface area contributed by atoms with Crippen molar-refractivity contribution in [3.8, 4) is 0 Å². The van der Waals surface area contributed by atoms with Crippen LogP contribution >= 0.6 is 0 Å². The maximum absolute atomic E-state index is 12.4. The highest BCUT2D eigenvalue weighted by Crippen LogP contribution is 2.24. The van der Waals surface area contributed by atoms with Crippen molar-refractivity contribution in [3.63, 3.8) is 0 Å². The molecule has 2 atom stereocenters. The summed E-state index contributed by atoms with van der Waals surface area (Å²) in [6.07, 6.45) is 5.14. The van der Waals surface area contributed by atoms with E-state index in [9.17, 15) is 4.79 Å². The number of hydrogen-bond donors (Lipinski definition) is 1. The first-order chi connectivity index (χ1) is 19.5. The molecule has 1 aromatic carbocycles. The average molecular weight is 545 g/mol. The topological polar surface area (TPSA) is 118 Å². The summed E-state index contributed by atoms with van der Waals surface area (Å²) in [5.74, 6) is 1.89. The van der Waals surface area contributed by atoms with Crippen LogP contribution in [0.25, 0.3) is 0 Å². The number of carbonyl (C=O) groups is 1. The minimum Gasteiger partial charge on any atom is -0.445 e. The van der Waals surface area contributed by atoms with Gasteiger partial charge in [0.1, 0.15) is 24.7 Å². The van der Waals surface area contributed by atoms with Gasteiger partial charge < -0.3 is 19.8 Å². The number of oxime groups is 1. The van der Waals surface area contributed by atoms with E-state index >= 15 is 0 Å². The van der Waals surface area contributed by atoms with Crippen molar-refractivity contribution in [2.75, 3.05) is 38.1 Å². The lowest BCUT2D eigenvalue weighted by Crippen LogP contribution is -2.48. The van der Waals surface area contributed by atoms with E-state index in [1.807, 2.05) is 55.7 Å². The summed E-state index contributed by atoms with van der Waals surface area (Å²) < 4.78 is 5.46. The predicted molar refractivity (Wildman–Crippen MR) is 150 cm³/mol. The van der Waals surface area contributed by atoms with E-state index in [0.29, 0.717) is 38.1 Å². The molecule has 4 heterocycles. The molecule has 5 rings (SSSR count). The summed E-state index contributed by atoms with van der Waals surface area (Å²) in [5.41, 5.74) is 3.56. The number of benzene rings is 1. The van der Waals surface area contributed by atoms with Crippen LogP contribution in [0.4, 0.5) is 10.7 Å². The number of aromatic nitrogens is 4. The third kappa shape index (κ3) is 6.90. The van der Waals surface area contributed by atoms with E-state index in [0.717, 1.165) is 41.4 Å². The molecule has 2 aromatic heterocycles. The molecular weight excluding hydrogens is 508 g/mol. The van der Waals surface area contributed by atoms with Gasteiger partial charge in [0.15, 0.2) is 0 Å². The van der Waals surface area contributed by atoms with Gasteiger partial charge >= 0.3 is 6.09 Å². The first kappa shape index (κ1) is 27.4. The molecule has 11 heteroatoms. The maximum Gasteiger partial charge on any atom is 0.410 e. The number of ether oxygens (including phenoxy) is 1. The number of piperazine rings is 1. The quantitative estimate of drug-likeness (QED) is 0.428. The van der Waals surface area contributed by atoms with Crippen LogP contribution < -0.4 is 5.32 Å². The second kappa shape index (κ2) is 12.8. The fourth-order valence-corrected chi connectivity index (χ4v) is 4.70. The van der Waals surface area contributed by atoms with E-state index in [2.05, 4.69) is 49.2 Å². The van der Waals surface area contributed by atoms with Gasteiger partial charge in [0.25, 0.3) is 0 Å². The zero-order chi connectivity index (χ0) is 27.9. The lowest BCUT2D eigenvalue weighted by molar-refractivity contribution is 0.0695. The van der Waals surface area contributed by atoms with Crippen molar-refractivity contribution in [1.82, 2.24) is 29.7 Å². The van der Waals surface area contributed by atoms with Crippen molar-refractivity contribution in [1.29, 1.82) is 0 Å². The molecule has 2 aliphatic rings. The van der Waals surface area contributed by atoms with Crippen LogP contribution in [0.3, 0.4) is 0 Å². The highest BCUT2D eigenvalue weighted by molar-refractivity contribution is 6.01. The van der Waals surface area contributed by atoms with Crippen molar-refractivity contribution >= 4 is 17.8 Å². The first-order valence-electron chi connectivity index (χ1n) is 13.7. The zero-order valence-corrected chi connectivity index (χ0v) is 23.2. The van der Waals surface area contributed by atoms with Crippen LogP contribution in [0.5, 0.6) is 0 Å². The van der Waals surface area contributed by atoms with E-state index in [1.165, 1.54) is 0 Å². The molecule has 3 aromatic rings. The third-order valence-corrected chi connectivity index (χ3v) is 7.26. The highest BCUT2D eigenvalue weighted by atomic mass is 16.6. The van der Waals surface area contributed by atoms with Gasteiger partial charge in [-0.2, -0.15) is 0 Å². The van der Waals surface area contributed by atoms with Crippen molar-refractivity contribution in [2.24, 2.45) is 17.0 Å². The van der Waals surface area contributed by atoms with Crippen LogP contribution in [-0.4, -0.2) is 74.3 Å². The second-order valence-electron chi connectivity index (χ2n) is 10.5. The molecule has 1 unspecified atom stereocenters. The van der Waals surface area contributed by atoms with Gasteiger partial charge in [0.05, 0.1) is 18.3 Å². The number of anilines is 1. The molecule has 1 N–H and O–H groups in total. The summed E-state index contributed by atoms with van der Waals surface area (Å²) >= 11 is 0. The summed E-state index contributed by atoms with van der Waals surface area (Å²) in [5, 5.41) is 7.57. The van der Waals surface area contributed by atoms with Gasteiger partial charge in [-0.15, -0.1) is 0 Å². The standard InChI is InChI=1S/C29H36N8O3/c1-20(2)24-19-40-35-27(24)25-9-10-30-28(34-25)33-21(3)23-15-31-26(32-16-23)17-36-11-13-37(14-12-36)29(38)39-18-22-7-5-4-6-8-22/h4-10,15-16,20-21,24H,11-14,17-19H2,1-3H3,(H,30,33,34)/t21?,24-/m0/s1. The van der Waals surface area contributed by atoms with Crippen LogP contribution in [0.15, 0.2) is 60.1 Å². The van der Waals surface area contributed by atoms with E-state index in [-0.39, 0.29) is 24.7 Å². The Morgan fingerprint density at radius 3 is 2.52 bits per heavy atom. The molecule has 0 aliphatic carbocycles. The molecule has 0 bridgehead atoms. The van der Waals surface area contributed by atoms with Crippen molar-refractivity contribution in [2.45, 2.75) is 40.0 Å². The van der Waals surface area contributed by atoms with E-state index in [1.54, 1.807) is 11.1 Å². The van der Waals surface area contributed by atoms with Gasteiger partial charge in [-0.05, 0) is 24.5 Å². The number of rotatable bonds is 9. The Morgan fingerprint density at radius 1 is 1.05 bits per heavy atom. The number of nitrogens with zero attached hydrogens (tertiary/aromatic N) is 7. The van der Waals surface area contributed by atoms with Crippen molar-refractivity contribution < 1.29 is 14.4 Å². The molecule has 2 aliphatic heterocycles. The Hall–Kier alpha value is -4.12. The molecule has 1 saturated heterocycles. The van der Waals surface area contributed by atoms with Crippen LogP contribution in [0.2, 0.25) is 0 Å². The lowest BCUT2D eigenvalue weighted by atomic mass is 9.90. The van der Waals surface area contributed by atoms with Gasteiger partial charge in [-0.1, -0.05) is 49.3 Å². The normalized spacial score (nSPS) is 18.2. The van der Waals surface area contributed by atoms with Gasteiger partial charge in [0.2, 0.25) is 5.95 Å². The number of hydrogen-bond acceptors (Lipinski definition) is 10. The molecule has 1 amide bonds. The zero-order valence-electron chi connectivity index (χ0n) is 23.2. The van der Waals surface area contributed by atoms with Gasteiger partial charge in [0, 0.05) is 56.3 Å². The Morgan fingerprint density at radius 2 is 1.80 bits per heavy atom. The molecule has 11 nitrogen and oxygen atoms in total. The maximum atomic E-state index is 12.4. The molecule has 1 fully saturated rings. The Bertz CT molecular complexity index is 1290. The minimum atomic E-state index is -0.274. The second-order valence-corrected chi connectivity index (χ2v) is 10.5. The van der Waals surface area contributed by atoms with E-state index in [4.69, 9.17) is 9.57 Å². The summed E-state index contributed by atoms with van der Waals surface area (Å²) in [4.78, 5) is 40.0. The van der Waals surface area contributed by atoms with Crippen LogP contribution in [0.1, 0.15) is 49.5 Å². The Kier molecular flexibility index (Phi) is 8.80. The van der Waals surface area contributed by atoms with Gasteiger partial charge in [-0.3, -0.25) is 4.90 Å². The predicted octanol–water partition coefficient (Wildman–Crippen LogP) is 3.90. The summed E-state index contributed by atoms with van der Waals surface area (Å²) in [7, 11) is 0. The van der Waals surface area contributed by atoms with Crippen LogP contribution in [-0.2, 0) is 22.7 Å². The Labute approximate surface area is 234 Å².